The molecule has 6 heteroatoms. The van der Waals surface area contributed by atoms with Crippen molar-refractivity contribution in [1.29, 1.82) is 0 Å². The van der Waals surface area contributed by atoms with Crippen LogP contribution < -0.4 is 9.64 Å². The second kappa shape index (κ2) is 5.77. The van der Waals surface area contributed by atoms with E-state index in [1.807, 2.05) is 24.3 Å². The van der Waals surface area contributed by atoms with E-state index < -0.39 is 0 Å². The third-order valence-corrected chi connectivity index (χ3v) is 4.01. The Kier molecular flexibility index (Phi) is 3.84. The summed E-state index contributed by atoms with van der Waals surface area (Å²) < 4.78 is 10.4. The predicted octanol–water partition coefficient (Wildman–Crippen LogP) is 2.94. The Bertz CT molecular complexity index is 639. The molecule has 1 atom stereocenters. The van der Waals surface area contributed by atoms with E-state index >= 15 is 0 Å². The Morgan fingerprint density at radius 2 is 2.19 bits per heavy atom. The van der Waals surface area contributed by atoms with Crippen molar-refractivity contribution in [3.05, 3.63) is 30.3 Å². The lowest BCUT2D eigenvalue weighted by Gasteiger charge is -2.10. The molecule has 1 unspecified atom stereocenters. The van der Waals surface area contributed by atoms with Gasteiger partial charge in [0, 0.05) is 30.5 Å². The number of hydrogen-bond acceptors (Lipinski definition) is 4. The highest BCUT2D eigenvalue weighted by Gasteiger charge is 2.32. The fourth-order valence-electron chi connectivity index (χ4n) is 2.39. The molecule has 1 saturated heterocycles. The van der Waals surface area contributed by atoms with Crippen LogP contribution in [0.5, 0.6) is 5.75 Å². The molecule has 0 radical (unpaired) electrons. The number of halogens is 1. The largest absolute Gasteiger partial charge is 0.497 e. The first-order chi connectivity index (χ1) is 10.2. The van der Waals surface area contributed by atoms with Crippen molar-refractivity contribution in [3.8, 4) is 17.0 Å². The van der Waals surface area contributed by atoms with Crippen LogP contribution in [-0.2, 0) is 4.79 Å². The Balaban J connectivity index is 1.81. The second-order valence-electron chi connectivity index (χ2n) is 5.01. The first-order valence-corrected chi connectivity index (χ1v) is 7.22. The van der Waals surface area contributed by atoms with Crippen molar-refractivity contribution < 1.29 is 14.1 Å². The molecule has 0 saturated carbocycles. The highest BCUT2D eigenvalue weighted by atomic mass is 35.5. The molecule has 1 amide bonds. The Morgan fingerprint density at radius 1 is 1.43 bits per heavy atom. The quantitative estimate of drug-likeness (QED) is 0.815. The molecular formula is C15H15ClN2O3. The maximum Gasteiger partial charge on any atom is 0.234 e. The van der Waals surface area contributed by atoms with Crippen molar-refractivity contribution in [1.82, 2.24) is 5.16 Å². The first-order valence-electron chi connectivity index (χ1n) is 6.68. The van der Waals surface area contributed by atoms with Gasteiger partial charge in [0.15, 0.2) is 0 Å². The van der Waals surface area contributed by atoms with Gasteiger partial charge in [0.25, 0.3) is 0 Å². The van der Waals surface area contributed by atoms with Crippen molar-refractivity contribution >= 4 is 23.4 Å². The van der Waals surface area contributed by atoms with E-state index in [1.54, 1.807) is 18.1 Å². The molecule has 0 spiro atoms. The first kappa shape index (κ1) is 13.9. The number of hydrogen-bond donors (Lipinski definition) is 0. The lowest BCUT2D eigenvalue weighted by atomic mass is 10.1. The van der Waals surface area contributed by atoms with Crippen LogP contribution in [0.25, 0.3) is 11.3 Å². The summed E-state index contributed by atoms with van der Waals surface area (Å²) in [5, 5.41) is 4.03. The van der Waals surface area contributed by atoms with Crippen molar-refractivity contribution in [3.63, 3.8) is 0 Å². The summed E-state index contributed by atoms with van der Waals surface area (Å²) in [6, 6.07) is 9.28. The van der Waals surface area contributed by atoms with Crippen LogP contribution in [-0.4, -0.2) is 30.6 Å². The highest BCUT2D eigenvalue weighted by Crippen LogP contribution is 2.30. The van der Waals surface area contributed by atoms with E-state index in [1.165, 1.54) is 0 Å². The van der Waals surface area contributed by atoms with E-state index in [4.69, 9.17) is 20.9 Å². The normalized spacial score (nSPS) is 18.3. The summed E-state index contributed by atoms with van der Waals surface area (Å²) in [7, 11) is 1.62. The molecule has 0 aliphatic carbocycles. The number of carbonyl (C=O) groups is 1. The summed E-state index contributed by atoms with van der Waals surface area (Å²) in [6.45, 7) is 0.583. The van der Waals surface area contributed by atoms with Gasteiger partial charge in [-0.05, 0) is 30.2 Å². The smallest absolute Gasteiger partial charge is 0.234 e. The summed E-state index contributed by atoms with van der Waals surface area (Å²) in [5.41, 5.74) is 1.60. The molecule has 1 aromatic heterocycles. The average Bonchev–Trinajstić information content (AvgIpc) is 3.13. The number of alkyl halides is 1. The summed E-state index contributed by atoms with van der Waals surface area (Å²) >= 11 is 5.82. The molecule has 0 N–H and O–H groups in total. The highest BCUT2D eigenvalue weighted by molar-refractivity contribution is 6.18. The molecule has 3 rings (SSSR count). The molecule has 5 nitrogen and oxygen atoms in total. The maximum atomic E-state index is 11.9. The van der Waals surface area contributed by atoms with Crippen LogP contribution >= 0.6 is 11.6 Å². The van der Waals surface area contributed by atoms with E-state index in [-0.39, 0.29) is 11.8 Å². The Hall–Kier alpha value is -2.01. The van der Waals surface area contributed by atoms with Crippen LogP contribution in [0.15, 0.2) is 34.9 Å². The zero-order valence-electron chi connectivity index (χ0n) is 11.6. The molecule has 0 bridgehead atoms. The maximum absolute atomic E-state index is 11.9. The van der Waals surface area contributed by atoms with Crippen LogP contribution in [0.2, 0.25) is 0 Å². The number of nitrogens with zero attached hydrogens (tertiary/aromatic N) is 2. The van der Waals surface area contributed by atoms with Crippen LogP contribution in [0.3, 0.4) is 0 Å². The molecule has 1 aromatic carbocycles. The van der Waals surface area contributed by atoms with Crippen LogP contribution in [0.4, 0.5) is 5.88 Å². The lowest BCUT2D eigenvalue weighted by molar-refractivity contribution is -0.117. The number of carbonyl (C=O) groups excluding carboxylic acids is 1. The molecule has 1 fully saturated rings. The zero-order chi connectivity index (χ0) is 14.8. The topological polar surface area (TPSA) is 55.6 Å². The number of ether oxygens (including phenoxy) is 1. The minimum absolute atomic E-state index is 0.0260. The zero-order valence-corrected chi connectivity index (χ0v) is 12.3. The third-order valence-electron chi connectivity index (χ3n) is 3.57. The third kappa shape index (κ3) is 2.74. The Morgan fingerprint density at radius 3 is 2.81 bits per heavy atom. The van der Waals surface area contributed by atoms with E-state index in [2.05, 4.69) is 5.16 Å². The van der Waals surface area contributed by atoms with Gasteiger partial charge in [0.2, 0.25) is 11.8 Å². The summed E-state index contributed by atoms with van der Waals surface area (Å²) in [5.74, 6) is 1.93. The van der Waals surface area contributed by atoms with Crippen LogP contribution in [0, 0.1) is 5.92 Å². The van der Waals surface area contributed by atoms with Gasteiger partial charge in [-0.3, -0.25) is 9.69 Å². The van der Waals surface area contributed by atoms with Crippen LogP contribution in [0.1, 0.15) is 6.42 Å². The van der Waals surface area contributed by atoms with E-state index in [0.29, 0.717) is 30.4 Å². The van der Waals surface area contributed by atoms with Crippen molar-refractivity contribution in [2.45, 2.75) is 6.42 Å². The van der Waals surface area contributed by atoms with Crippen molar-refractivity contribution in [2.75, 3.05) is 24.4 Å². The van der Waals surface area contributed by atoms with Gasteiger partial charge in [-0.25, -0.2) is 0 Å². The molecule has 21 heavy (non-hydrogen) atoms. The number of rotatable bonds is 4. The lowest BCUT2D eigenvalue weighted by Crippen LogP contribution is -2.24. The number of anilines is 1. The number of benzene rings is 1. The fraction of sp³-hybridized carbons (Fsp3) is 0.333. The predicted molar refractivity (Wildman–Crippen MR) is 79.7 cm³/mol. The Labute approximate surface area is 127 Å². The number of methoxy groups -OCH3 is 1. The van der Waals surface area contributed by atoms with Gasteiger partial charge in [0.05, 0.1) is 7.11 Å². The SMILES string of the molecule is COc1ccc(-c2cc(N3CC(CCl)CC3=O)on2)cc1. The minimum Gasteiger partial charge on any atom is -0.497 e. The van der Waals surface area contributed by atoms with Gasteiger partial charge in [-0.2, -0.15) is 0 Å². The molecule has 2 heterocycles. The van der Waals surface area contributed by atoms with Gasteiger partial charge in [-0.1, -0.05) is 5.16 Å². The summed E-state index contributed by atoms with van der Waals surface area (Å²) in [4.78, 5) is 13.5. The molecular weight excluding hydrogens is 292 g/mol. The average molecular weight is 307 g/mol. The van der Waals surface area contributed by atoms with Gasteiger partial charge < -0.3 is 9.26 Å². The van der Waals surface area contributed by atoms with Gasteiger partial charge >= 0.3 is 0 Å². The standard InChI is InChI=1S/C15H15ClN2O3/c1-20-12-4-2-11(3-5-12)13-7-15(21-17-13)18-9-10(8-16)6-14(18)19/h2-5,7,10H,6,8-9H2,1H3. The van der Waals surface area contributed by atoms with Gasteiger partial charge in [-0.15, -0.1) is 11.6 Å². The fourth-order valence-corrected chi connectivity index (χ4v) is 2.60. The minimum atomic E-state index is 0.0260. The molecule has 2 aromatic rings. The summed E-state index contributed by atoms with van der Waals surface area (Å²) in [6.07, 6.45) is 0.460. The van der Waals surface area contributed by atoms with E-state index in [0.717, 1.165) is 11.3 Å². The van der Waals surface area contributed by atoms with E-state index in [9.17, 15) is 4.79 Å². The van der Waals surface area contributed by atoms with Gasteiger partial charge in [0.1, 0.15) is 11.4 Å². The second-order valence-corrected chi connectivity index (χ2v) is 5.32. The van der Waals surface area contributed by atoms with Crippen molar-refractivity contribution in [2.24, 2.45) is 5.92 Å². The number of aromatic nitrogens is 1. The monoisotopic (exact) mass is 306 g/mol. The number of amides is 1. The molecule has 110 valence electrons. The molecule has 1 aliphatic heterocycles. The molecule has 1 aliphatic rings.